The predicted octanol–water partition coefficient (Wildman–Crippen LogP) is 3.05. The van der Waals surface area contributed by atoms with Crippen LogP contribution in [0.3, 0.4) is 0 Å². The number of aryl methyl sites for hydroxylation is 1. The minimum atomic E-state index is -0.591. The highest BCUT2D eigenvalue weighted by molar-refractivity contribution is 9.10. The molecule has 0 aliphatic carbocycles. The Bertz CT molecular complexity index is 597. The molecule has 5 heteroatoms. The Morgan fingerprint density at radius 1 is 1.24 bits per heavy atom. The third kappa shape index (κ3) is 4.88. The van der Waals surface area contributed by atoms with Gasteiger partial charge in [-0.1, -0.05) is 46.3 Å². The summed E-state index contributed by atoms with van der Waals surface area (Å²) in [6.07, 6.45) is 1.31. The maximum atomic E-state index is 12.0. The molecule has 2 aromatic carbocycles. The number of aromatic hydroxyl groups is 1. The van der Waals surface area contributed by atoms with Gasteiger partial charge in [-0.2, -0.15) is 0 Å². The first-order chi connectivity index (χ1) is 10.0. The number of hydrogen-bond acceptors (Lipinski definition) is 3. The van der Waals surface area contributed by atoms with E-state index < -0.39 is 6.04 Å². The van der Waals surface area contributed by atoms with Crippen LogP contribution in [0.4, 0.5) is 5.69 Å². The lowest BCUT2D eigenvalue weighted by atomic mass is 10.1. The number of carbonyl (C=O) groups excluding carboxylic acids is 1. The normalized spacial score (nSPS) is 11.9. The van der Waals surface area contributed by atoms with E-state index in [1.807, 2.05) is 30.3 Å². The number of phenols is 1. The highest BCUT2D eigenvalue weighted by Crippen LogP contribution is 2.23. The second kappa shape index (κ2) is 7.24. The molecule has 0 radical (unpaired) electrons. The van der Waals surface area contributed by atoms with Crippen LogP contribution < -0.4 is 11.1 Å². The number of anilines is 1. The number of hydrogen-bond donors (Lipinski definition) is 3. The van der Waals surface area contributed by atoms with Gasteiger partial charge in [-0.25, -0.2) is 0 Å². The molecule has 0 saturated heterocycles. The van der Waals surface area contributed by atoms with Crippen molar-refractivity contribution < 1.29 is 9.90 Å². The average Bonchev–Trinajstić information content (AvgIpc) is 2.44. The third-order valence-corrected chi connectivity index (χ3v) is 3.53. The molecule has 1 atom stereocenters. The van der Waals surface area contributed by atoms with Crippen LogP contribution in [0, 0.1) is 0 Å². The van der Waals surface area contributed by atoms with E-state index in [4.69, 9.17) is 5.73 Å². The number of rotatable bonds is 5. The topological polar surface area (TPSA) is 75.4 Å². The summed E-state index contributed by atoms with van der Waals surface area (Å²) in [6, 6.07) is 14.0. The number of halogens is 1. The SMILES string of the molecule is N[C@H](CCc1ccccc1)C(=O)Nc1cc(O)cc(Br)c1. The molecule has 4 N–H and O–H groups in total. The number of benzene rings is 2. The van der Waals surface area contributed by atoms with Gasteiger partial charge >= 0.3 is 0 Å². The van der Waals surface area contributed by atoms with E-state index in [-0.39, 0.29) is 11.7 Å². The van der Waals surface area contributed by atoms with Crippen LogP contribution in [0.2, 0.25) is 0 Å². The molecule has 0 fully saturated rings. The van der Waals surface area contributed by atoms with Crippen LogP contribution in [0.25, 0.3) is 0 Å². The van der Waals surface area contributed by atoms with Gasteiger partial charge in [0.25, 0.3) is 0 Å². The molecule has 0 unspecified atom stereocenters. The Hall–Kier alpha value is -1.85. The van der Waals surface area contributed by atoms with Crippen molar-refractivity contribution in [2.75, 3.05) is 5.32 Å². The number of amides is 1. The quantitative estimate of drug-likeness (QED) is 0.777. The molecule has 1 amide bonds. The second-order valence-electron chi connectivity index (χ2n) is 4.82. The molecule has 0 bridgehead atoms. The molecular formula is C16H17BrN2O2. The number of nitrogens with one attached hydrogen (secondary N) is 1. The summed E-state index contributed by atoms with van der Waals surface area (Å²) in [6.45, 7) is 0. The smallest absolute Gasteiger partial charge is 0.241 e. The van der Waals surface area contributed by atoms with Crippen molar-refractivity contribution in [2.45, 2.75) is 18.9 Å². The number of phenolic OH excluding ortho intramolecular Hbond substituents is 1. The molecule has 0 saturated carbocycles. The summed E-state index contributed by atoms with van der Waals surface area (Å²) in [4.78, 5) is 12.0. The molecule has 0 aromatic heterocycles. The molecule has 2 aromatic rings. The minimum absolute atomic E-state index is 0.0810. The summed E-state index contributed by atoms with van der Waals surface area (Å²) in [7, 11) is 0. The molecule has 21 heavy (non-hydrogen) atoms. The van der Waals surface area contributed by atoms with E-state index in [0.717, 1.165) is 12.0 Å². The van der Waals surface area contributed by atoms with Gasteiger partial charge in [0.1, 0.15) is 5.75 Å². The van der Waals surface area contributed by atoms with Gasteiger partial charge in [0.15, 0.2) is 0 Å². The van der Waals surface area contributed by atoms with Crippen molar-refractivity contribution in [1.82, 2.24) is 0 Å². The van der Waals surface area contributed by atoms with Gasteiger partial charge in [0, 0.05) is 16.2 Å². The summed E-state index contributed by atoms with van der Waals surface area (Å²) >= 11 is 3.26. The number of nitrogens with two attached hydrogens (primary N) is 1. The van der Waals surface area contributed by atoms with Gasteiger partial charge < -0.3 is 16.2 Å². The van der Waals surface area contributed by atoms with Crippen LogP contribution in [0.5, 0.6) is 5.75 Å². The zero-order valence-corrected chi connectivity index (χ0v) is 13.0. The maximum Gasteiger partial charge on any atom is 0.241 e. The van der Waals surface area contributed by atoms with Crippen molar-refractivity contribution in [3.8, 4) is 5.75 Å². The van der Waals surface area contributed by atoms with Crippen LogP contribution in [-0.2, 0) is 11.2 Å². The van der Waals surface area contributed by atoms with E-state index in [1.54, 1.807) is 12.1 Å². The predicted molar refractivity (Wildman–Crippen MR) is 87.2 cm³/mol. The molecular weight excluding hydrogens is 332 g/mol. The lowest BCUT2D eigenvalue weighted by molar-refractivity contribution is -0.117. The van der Waals surface area contributed by atoms with E-state index in [1.165, 1.54) is 6.07 Å². The molecule has 110 valence electrons. The highest BCUT2D eigenvalue weighted by Gasteiger charge is 2.14. The molecule has 0 spiro atoms. The van der Waals surface area contributed by atoms with E-state index in [9.17, 15) is 9.90 Å². The first kappa shape index (κ1) is 15.5. The lowest BCUT2D eigenvalue weighted by Crippen LogP contribution is -2.36. The van der Waals surface area contributed by atoms with Gasteiger partial charge in [-0.3, -0.25) is 4.79 Å². The fraction of sp³-hybridized carbons (Fsp3) is 0.188. The monoisotopic (exact) mass is 348 g/mol. The standard InChI is InChI=1S/C16H17BrN2O2/c17-12-8-13(10-14(20)9-12)19-16(21)15(18)7-6-11-4-2-1-3-5-11/h1-5,8-10,15,20H,6-7,18H2,(H,19,21)/t15-/m1/s1. The largest absolute Gasteiger partial charge is 0.508 e. The Morgan fingerprint density at radius 3 is 2.62 bits per heavy atom. The van der Waals surface area contributed by atoms with E-state index in [0.29, 0.717) is 16.6 Å². The summed E-state index contributed by atoms with van der Waals surface area (Å²) in [5, 5.41) is 12.2. The molecule has 4 nitrogen and oxygen atoms in total. The van der Waals surface area contributed by atoms with Crippen LogP contribution >= 0.6 is 15.9 Å². The summed E-state index contributed by atoms with van der Waals surface area (Å²) in [5.74, 6) is -0.180. The lowest BCUT2D eigenvalue weighted by Gasteiger charge is -2.12. The summed E-state index contributed by atoms with van der Waals surface area (Å²) < 4.78 is 0.690. The fourth-order valence-corrected chi connectivity index (χ4v) is 2.46. The molecule has 0 aliphatic heterocycles. The zero-order chi connectivity index (χ0) is 15.2. The Balaban J connectivity index is 1.90. The van der Waals surface area contributed by atoms with E-state index >= 15 is 0 Å². The van der Waals surface area contributed by atoms with Crippen LogP contribution in [0.15, 0.2) is 53.0 Å². The second-order valence-corrected chi connectivity index (χ2v) is 5.73. The minimum Gasteiger partial charge on any atom is -0.508 e. The summed E-state index contributed by atoms with van der Waals surface area (Å²) in [5.41, 5.74) is 7.57. The number of carbonyl (C=O) groups is 1. The van der Waals surface area contributed by atoms with Gasteiger partial charge in [-0.15, -0.1) is 0 Å². The van der Waals surface area contributed by atoms with Crippen molar-refractivity contribution in [1.29, 1.82) is 0 Å². The van der Waals surface area contributed by atoms with E-state index in [2.05, 4.69) is 21.2 Å². The van der Waals surface area contributed by atoms with Crippen molar-refractivity contribution in [3.05, 3.63) is 58.6 Å². The van der Waals surface area contributed by atoms with Crippen molar-refractivity contribution in [3.63, 3.8) is 0 Å². The molecule has 0 aliphatic rings. The third-order valence-electron chi connectivity index (χ3n) is 3.07. The zero-order valence-electron chi connectivity index (χ0n) is 11.4. The first-order valence-electron chi connectivity index (χ1n) is 6.64. The van der Waals surface area contributed by atoms with Crippen molar-refractivity contribution >= 4 is 27.5 Å². The average molecular weight is 349 g/mol. The first-order valence-corrected chi connectivity index (χ1v) is 7.44. The molecule has 2 rings (SSSR count). The van der Waals surface area contributed by atoms with Gasteiger partial charge in [-0.05, 0) is 30.5 Å². The van der Waals surface area contributed by atoms with Crippen LogP contribution in [-0.4, -0.2) is 17.1 Å². The maximum absolute atomic E-state index is 12.0. The fourth-order valence-electron chi connectivity index (χ4n) is 1.98. The van der Waals surface area contributed by atoms with Gasteiger partial charge in [0.2, 0.25) is 5.91 Å². The van der Waals surface area contributed by atoms with Crippen LogP contribution in [0.1, 0.15) is 12.0 Å². The Labute approximate surface area is 132 Å². The Kier molecular flexibility index (Phi) is 5.36. The highest BCUT2D eigenvalue weighted by atomic mass is 79.9. The van der Waals surface area contributed by atoms with Crippen molar-refractivity contribution in [2.24, 2.45) is 5.73 Å². The molecule has 0 heterocycles. The van der Waals surface area contributed by atoms with Gasteiger partial charge in [0.05, 0.1) is 6.04 Å². The Morgan fingerprint density at radius 2 is 1.95 bits per heavy atom.